The van der Waals surface area contributed by atoms with Gasteiger partial charge in [0.2, 0.25) is 5.91 Å². The number of hydrogen-bond donors (Lipinski definition) is 2. The molecule has 3 N–H and O–H groups in total. The highest BCUT2D eigenvalue weighted by molar-refractivity contribution is 5.93. The van der Waals surface area contributed by atoms with Crippen LogP contribution in [0.3, 0.4) is 0 Å². The Hall–Kier alpha value is -2.67. The quantitative estimate of drug-likeness (QED) is 0.886. The molecule has 25 heavy (non-hydrogen) atoms. The van der Waals surface area contributed by atoms with Gasteiger partial charge in [-0.05, 0) is 43.3 Å². The summed E-state index contributed by atoms with van der Waals surface area (Å²) in [6.45, 7) is 5.04. The molecule has 1 aromatic heterocycles. The fraction of sp³-hybridized carbons (Fsp3) is 0.333. The van der Waals surface area contributed by atoms with E-state index in [4.69, 9.17) is 5.73 Å². The van der Waals surface area contributed by atoms with Gasteiger partial charge in [-0.2, -0.15) is 0 Å². The van der Waals surface area contributed by atoms with E-state index in [1.54, 1.807) is 19.2 Å². The number of rotatable bonds is 4. The smallest absolute Gasteiger partial charge is 0.242 e. The molecule has 1 aliphatic rings. The number of pyridine rings is 1. The molecule has 2 heterocycles. The molecule has 1 saturated heterocycles. The van der Waals surface area contributed by atoms with Gasteiger partial charge in [0.25, 0.3) is 0 Å². The van der Waals surface area contributed by atoms with Crippen molar-refractivity contribution in [3.63, 3.8) is 0 Å². The minimum Gasteiger partial charge on any atom is -0.368 e. The lowest BCUT2D eigenvalue weighted by molar-refractivity contribution is -0.117. The summed E-state index contributed by atoms with van der Waals surface area (Å²) < 4.78 is 13.0. The lowest BCUT2D eigenvalue weighted by atomic mass is 10.2. The Kier molecular flexibility index (Phi) is 5.14. The van der Waals surface area contributed by atoms with Gasteiger partial charge in [-0.25, -0.2) is 9.37 Å². The van der Waals surface area contributed by atoms with E-state index in [9.17, 15) is 9.18 Å². The Morgan fingerprint density at radius 3 is 2.16 bits per heavy atom. The molecule has 0 spiro atoms. The molecular weight excluding hydrogens is 321 g/mol. The van der Waals surface area contributed by atoms with Crippen molar-refractivity contribution in [2.24, 2.45) is 5.73 Å². The molecule has 132 valence electrons. The number of halogens is 1. The molecule has 0 radical (unpaired) electrons. The van der Waals surface area contributed by atoms with Crippen molar-refractivity contribution in [3.8, 4) is 0 Å². The van der Waals surface area contributed by atoms with Crippen LogP contribution in [0.15, 0.2) is 42.6 Å². The van der Waals surface area contributed by atoms with Crippen molar-refractivity contribution in [1.82, 2.24) is 4.98 Å². The molecule has 1 aliphatic heterocycles. The van der Waals surface area contributed by atoms with E-state index >= 15 is 0 Å². The normalized spacial score (nSPS) is 15.8. The molecule has 1 atom stereocenters. The summed E-state index contributed by atoms with van der Waals surface area (Å²) >= 11 is 0. The molecule has 3 rings (SSSR count). The minimum absolute atomic E-state index is 0.218. The highest BCUT2D eigenvalue weighted by Gasteiger charge is 2.18. The fourth-order valence-electron chi connectivity index (χ4n) is 2.76. The van der Waals surface area contributed by atoms with Gasteiger partial charge in [-0.3, -0.25) is 4.79 Å². The van der Waals surface area contributed by atoms with E-state index in [0.717, 1.165) is 37.6 Å². The first-order valence-corrected chi connectivity index (χ1v) is 8.31. The van der Waals surface area contributed by atoms with Crippen molar-refractivity contribution in [3.05, 3.63) is 48.4 Å². The number of carbonyl (C=O) groups is 1. The number of anilines is 3. The van der Waals surface area contributed by atoms with Crippen LogP contribution in [-0.4, -0.2) is 43.1 Å². The van der Waals surface area contributed by atoms with Gasteiger partial charge in [0, 0.05) is 31.9 Å². The zero-order valence-corrected chi connectivity index (χ0v) is 14.2. The molecule has 7 heteroatoms. The summed E-state index contributed by atoms with van der Waals surface area (Å²) in [7, 11) is 0. The van der Waals surface area contributed by atoms with Gasteiger partial charge in [-0.1, -0.05) is 0 Å². The summed E-state index contributed by atoms with van der Waals surface area (Å²) in [5, 5.41) is 2.67. The molecule has 6 nitrogen and oxygen atoms in total. The number of nitrogens with two attached hydrogens (primary N) is 1. The van der Waals surface area contributed by atoms with E-state index in [-0.39, 0.29) is 11.7 Å². The first-order chi connectivity index (χ1) is 12.0. The first-order valence-electron chi connectivity index (χ1n) is 8.31. The average Bonchev–Trinajstić information content (AvgIpc) is 2.63. The van der Waals surface area contributed by atoms with Crippen LogP contribution in [0.1, 0.15) is 6.92 Å². The van der Waals surface area contributed by atoms with E-state index in [0.29, 0.717) is 5.82 Å². The van der Waals surface area contributed by atoms with Crippen molar-refractivity contribution in [2.75, 3.05) is 41.3 Å². The summed E-state index contributed by atoms with van der Waals surface area (Å²) in [6, 6.07) is 9.74. The number of nitrogens with one attached hydrogen (secondary N) is 1. The van der Waals surface area contributed by atoms with Crippen LogP contribution < -0.4 is 20.9 Å². The summed E-state index contributed by atoms with van der Waals surface area (Å²) in [5.74, 6) is 0.0221. The van der Waals surface area contributed by atoms with E-state index in [2.05, 4.69) is 20.1 Å². The monoisotopic (exact) mass is 343 g/mol. The average molecular weight is 343 g/mol. The predicted molar refractivity (Wildman–Crippen MR) is 97.3 cm³/mol. The predicted octanol–water partition coefficient (Wildman–Crippen LogP) is 1.83. The van der Waals surface area contributed by atoms with Crippen LogP contribution in [0.25, 0.3) is 0 Å². The summed E-state index contributed by atoms with van der Waals surface area (Å²) in [4.78, 5) is 20.3. The molecule has 1 fully saturated rings. The Morgan fingerprint density at radius 1 is 1.08 bits per heavy atom. The fourth-order valence-corrected chi connectivity index (χ4v) is 2.76. The number of hydrogen-bond acceptors (Lipinski definition) is 5. The summed E-state index contributed by atoms with van der Waals surface area (Å²) in [6.07, 6.45) is 1.75. The number of carbonyl (C=O) groups excluding carboxylic acids is 1. The number of benzene rings is 1. The van der Waals surface area contributed by atoms with Crippen LogP contribution in [0, 0.1) is 5.82 Å². The van der Waals surface area contributed by atoms with Gasteiger partial charge in [0.1, 0.15) is 11.6 Å². The van der Waals surface area contributed by atoms with Crippen LogP contribution in [0.5, 0.6) is 0 Å². The maximum atomic E-state index is 13.0. The third-order valence-corrected chi connectivity index (χ3v) is 4.25. The lowest BCUT2D eigenvalue weighted by Crippen LogP contribution is -2.46. The molecule has 2 aromatic rings. The molecular formula is C18H22FN5O. The standard InChI is InChI=1S/C18H22FN5O/c1-13(20)18(25)22-17-7-6-16(12-21-17)24-10-8-23(9-11-24)15-4-2-14(19)3-5-15/h2-7,12-13H,8-11,20H2,1H3,(H,21,22,25). The number of nitrogens with zero attached hydrogens (tertiary/aromatic N) is 3. The second kappa shape index (κ2) is 7.48. The van der Waals surface area contributed by atoms with Gasteiger partial charge >= 0.3 is 0 Å². The van der Waals surface area contributed by atoms with E-state index in [1.807, 2.05) is 18.2 Å². The largest absolute Gasteiger partial charge is 0.368 e. The maximum Gasteiger partial charge on any atom is 0.242 e. The number of piperazine rings is 1. The zero-order chi connectivity index (χ0) is 17.8. The molecule has 1 aromatic carbocycles. The molecule has 0 saturated carbocycles. The SMILES string of the molecule is CC(N)C(=O)Nc1ccc(N2CCN(c3ccc(F)cc3)CC2)cn1. The number of aromatic nitrogens is 1. The van der Waals surface area contributed by atoms with Crippen molar-refractivity contribution < 1.29 is 9.18 Å². The van der Waals surface area contributed by atoms with Gasteiger partial charge in [-0.15, -0.1) is 0 Å². The van der Waals surface area contributed by atoms with Gasteiger partial charge in [0.05, 0.1) is 17.9 Å². The zero-order valence-electron chi connectivity index (χ0n) is 14.2. The summed E-state index contributed by atoms with van der Waals surface area (Å²) in [5.41, 5.74) is 7.57. The van der Waals surface area contributed by atoms with E-state index < -0.39 is 6.04 Å². The molecule has 1 amide bonds. The van der Waals surface area contributed by atoms with E-state index in [1.165, 1.54) is 12.1 Å². The van der Waals surface area contributed by atoms with Crippen LogP contribution in [-0.2, 0) is 4.79 Å². The lowest BCUT2D eigenvalue weighted by Gasteiger charge is -2.37. The van der Waals surface area contributed by atoms with Gasteiger partial charge < -0.3 is 20.9 Å². The molecule has 0 bridgehead atoms. The van der Waals surface area contributed by atoms with Crippen molar-refractivity contribution in [1.29, 1.82) is 0 Å². The van der Waals surface area contributed by atoms with Crippen LogP contribution in [0.2, 0.25) is 0 Å². The minimum atomic E-state index is -0.569. The Bertz CT molecular complexity index is 709. The van der Waals surface area contributed by atoms with Crippen LogP contribution >= 0.6 is 0 Å². The van der Waals surface area contributed by atoms with Crippen LogP contribution in [0.4, 0.5) is 21.6 Å². The highest BCUT2D eigenvalue weighted by Crippen LogP contribution is 2.21. The molecule has 0 aliphatic carbocycles. The third-order valence-electron chi connectivity index (χ3n) is 4.25. The Morgan fingerprint density at radius 2 is 1.64 bits per heavy atom. The van der Waals surface area contributed by atoms with Gasteiger partial charge in [0.15, 0.2) is 0 Å². The number of amides is 1. The van der Waals surface area contributed by atoms with Crippen molar-refractivity contribution >= 4 is 23.1 Å². The second-order valence-electron chi connectivity index (χ2n) is 6.13. The maximum absolute atomic E-state index is 13.0. The second-order valence-corrected chi connectivity index (χ2v) is 6.13. The Balaban J connectivity index is 1.57. The highest BCUT2D eigenvalue weighted by atomic mass is 19.1. The first kappa shape index (κ1) is 17.2. The topological polar surface area (TPSA) is 74.5 Å². The van der Waals surface area contributed by atoms with Crippen molar-refractivity contribution in [2.45, 2.75) is 13.0 Å². The third kappa shape index (κ3) is 4.24. The molecule has 1 unspecified atom stereocenters. The Labute approximate surface area is 146 Å².